The second-order valence-corrected chi connectivity index (χ2v) is 8.11. The average Bonchev–Trinajstić information content (AvgIpc) is 2.73. The van der Waals surface area contributed by atoms with E-state index in [1.807, 2.05) is 0 Å². The Hall–Kier alpha value is -3.53. The Kier molecular flexibility index (Phi) is 3.95. The molecule has 0 bridgehead atoms. The predicted octanol–water partition coefficient (Wildman–Crippen LogP) is 3.54. The minimum Gasteiger partial charge on any atom is -0.447 e. The molecule has 0 amide bonds. The van der Waals surface area contributed by atoms with Gasteiger partial charge in [0.2, 0.25) is 0 Å². The molecule has 10 heteroatoms. The summed E-state index contributed by atoms with van der Waals surface area (Å²) < 4.78 is 35.8. The number of fused-ring (bicyclic) bond motifs is 7. The lowest BCUT2D eigenvalue weighted by Crippen LogP contribution is -2.15. The summed E-state index contributed by atoms with van der Waals surface area (Å²) in [5.74, 6) is 0.660. The fourth-order valence-corrected chi connectivity index (χ4v) is 4.25. The van der Waals surface area contributed by atoms with Crippen molar-refractivity contribution >= 4 is 43.6 Å². The summed E-state index contributed by atoms with van der Waals surface area (Å²) in [7, 11) is -3.73. The Morgan fingerprint density at radius 2 is 1.59 bits per heavy atom. The van der Waals surface area contributed by atoms with E-state index in [0.717, 1.165) is 0 Å². The summed E-state index contributed by atoms with van der Waals surface area (Å²) in [6.45, 7) is 1.77. The molecule has 2 aromatic heterocycles. The lowest BCUT2D eigenvalue weighted by molar-refractivity contribution is 0.437. The molecular formula is C19H15N5O4S. The summed E-state index contributed by atoms with van der Waals surface area (Å²) in [6, 6.07) is 5.00. The highest BCUT2D eigenvalue weighted by Crippen LogP contribution is 2.51. The van der Waals surface area contributed by atoms with E-state index in [0.29, 0.717) is 45.6 Å². The van der Waals surface area contributed by atoms with Gasteiger partial charge in [0.15, 0.2) is 17.2 Å². The zero-order valence-corrected chi connectivity index (χ0v) is 16.1. The third-order valence-corrected chi connectivity index (χ3v) is 5.76. The minimum absolute atomic E-state index is 0.0880. The molecule has 9 nitrogen and oxygen atoms in total. The van der Waals surface area contributed by atoms with Gasteiger partial charge in [-0.15, -0.1) is 0 Å². The van der Waals surface area contributed by atoms with Crippen LogP contribution in [-0.4, -0.2) is 34.1 Å². The number of nitrogens with zero attached hydrogens (tertiary/aromatic N) is 4. The van der Waals surface area contributed by atoms with Crippen molar-refractivity contribution < 1.29 is 17.3 Å². The van der Waals surface area contributed by atoms with Gasteiger partial charge < -0.3 is 14.2 Å². The van der Waals surface area contributed by atoms with Crippen molar-refractivity contribution in [2.45, 2.75) is 13.3 Å². The molecule has 1 N–H and O–H groups in total. The maximum absolute atomic E-state index is 12.2. The van der Waals surface area contributed by atoms with Crippen LogP contribution in [0.1, 0.15) is 13.3 Å². The van der Waals surface area contributed by atoms with Crippen LogP contribution >= 0.6 is 0 Å². The molecule has 0 fully saturated rings. The summed E-state index contributed by atoms with van der Waals surface area (Å²) in [5, 5.41) is 3.26. The molecule has 0 saturated carbocycles. The monoisotopic (exact) mass is 409 g/mol. The highest BCUT2D eigenvalue weighted by atomic mass is 32.2. The van der Waals surface area contributed by atoms with Gasteiger partial charge >= 0.3 is 10.1 Å². The maximum Gasteiger partial charge on any atom is 0.309 e. The van der Waals surface area contributed by atoms with Crippen LogP contribution < -0.4 is 14.2 Å². The van der Waals surface area contributed by atoms with Gasteiger partial charge in [-0.2, -0.15) is 8.42 Å². The normalized spacial score (nSPS) is 12.7. The Labute approximate surface area is 165 Å². The highest BCUT2D eigenvalue weighted by molar-refractivity contribution is 7.87. The Balaban J connectivity index is 1.71. The van der Waals surface area contributed by atoms with Crippen molar-refractivity contribution in [3.05, 3.63) is 43.0 Å². The molecule has 0 unspecified atom stereocenters. The van der Waals surface area contributed by atoms with Gasteiger partial charge in [0, 0.05) is 24.8 Å². The highest BCUT2D eigenvalue weighted by Gasteiger charge is 2.28. The number of rotatable bonds is 4. The van der Waals surface area contributed by atoms with Crippen molar-refractivity contribution in [1.29, 1.82) is 0 Å². The first-order valence-electron chi connectivity index (χ1n) is 8.95. The van der Waals surface area contributed by atoms with Crippen molar-refractivity contribution in [1.82, 2.24) is 19.9 Å². The molecule has 0 spiro atoms. The molecular weight excluding hydrogens is 394 g/mol. The van der Waals surface area contributed by atoms with Crippen LogP contribution in [0, 0.1) is 0 Å². The zero-order valence-electron chi connectivity index (χ0n) is 15.3. The van der Waals surface area contributed by atoms with E-state index in [4.69, 9.17) is 8.92 Å². The quantitative estimate of drug-likeness (QED) is 0.351. The van der Waals surface area contributed by atoms with Crippen LogP contribution in [0.4, 0.5) is 11.4 Å². The van der Waals surface area contributed by atoms with Gasteiger partial charge in [0.25, 0.3) is 0 Å². The number of benzene rings is 2. The number of anilines is 2. The van der Waals surface area contributed by atoms with Gasteiger partial charge in [-0.05, 0) is 18.6 Å². The van der Waals surface area contributed by atoms with Gasteiger partial charge in [-0.1, -0.05) is 13.0 Å². The molecule has 2 aromatic carbocycles. The molecule has 29 heavy (non-hydrogen) atoms. The minimum atomic E-state index is -3.73. The Bertz CT molecular complexity index is 1370. The fraction of sp³-hybridized carbons (Fsp3) is 0.158. The van der Waals surface area contributed by atoms with Crippen LogP contribution in [0.3, 0.4) is 0 Å². The smallest absolute Gasteiger partial charge is 0.309 e. The summed E-state index contributed by atoms with van der Waals surface area (Å²) in [6.07, 6.45) is 6.74. The molecule has 146 valence electrons. The van der Waals surface area contributed by atoms with E-state index in [1.165, 1.54) is 0 Å². The van der Waals surface area contributed by atoms with Crippen LogP contribution in [0.5, 0.6) is 17.2 Å². The van der Waals surface area contributed by atoms with Crippen molar-refractivity contribution in [3.63, 3.8) is 0 Å². The molecule has 4 aromatic rings. The summed E-state index contributed by atoms with van der Waals surface area (Å²) in [5.41, 5.74) is 3.33. The second kappa shape index (κ2) is 6.52. The molecule has 0 atom stereocenters. The number of aromatic nitrogens is 4. The lowest BCUT2D eigenvalue weighted by atomic mass is 10.1. The Morgan fingerprint density at radius 1 is 0.931 bits per heavy atom. The van der Waals surface area contributed by atoms with E-state index in [-0.39, 0.29) is 17.3 Å². The largest absolute Gasteiger partial charge is 0.447 e. The van der Waals surface area contributed by atoms with E-state index in [2.05, 4.69) is 25.3 Å². The van der Waals surface area contributed by atoms with Gasteiger partial charge in [-0.3, -0.25) is 15.0 Å². The van der Waals surface area contributed by atoms with Gasteiger partial charge in [-0.25, -0.2) is 4.98 Å². The first-order valence-corrected chi connectivity index (χ1v) is 10.5. The SMILES string of the molecule is CCCS(=O)(=O)Oc1cccc2c1Oc1c(c3nccnc3c3nccnc13)N2. The first-order chi connectivity index (χ1) is 14.1. The third-order valence-electron chi connectivity index (χ3n) is 4.41. The van der Waals surface area contributed by atoms with Crippen LogP contribution in [0.15, 0.2) is 43.0 Å². The van der Waals surface area contributed by atoms with Crippen molar-refractivity contribution in [2.24, 2.45) is 0 Å². The maximum atomic E-state index is 12.2. The Morgan fingerprint density at radius 3 is 2.31 bits per heavy atom. The van der Waals surface area contributed by atoms with Crippen molar-refractivity contribution in [2.75, 3.05) is 11.1 Å². The average molecular weight is 409 g/mol. The fourth-order valence-electron chi connectivity index (χ4n) is 3.26. The number of hydrogen-bond donors (Lipinski definition) is 1. The molecule has 0 aliphatic carbocycles. The van der Waals surface area contributed by atoms with Crippen LogP contribution in [0.2, 0.25) is 0 Å². The number of para-hydroxylation sites is 1. The van der Waals surface area contributed by atoms with Crippen LogP contribution in [-0.2, 0) is 10.1 Å². The second-order valence-electron chi connectivity index (χ2n) is 6.42. The zero-order chi connectivity index (χ0) is 20.0. The molecule has 1 aliphatic heterocycles. The molecule has 5 rings (SSSR count). The summed E-state index contributed by atoms with van der Waals surface area (Å²) >= 11 is 0. The number of nitrogens with one attached hydrogen (secondary N) is 1. The summed E-state index contributed by atoms with van der Waals surface area (Å²) in [4.78, 5) is 17.6. The molecule has 0 radical (unpaired) electrons. The molecule has 3 heterocycles. The first kappa shape index (κ1) is 17.6. The van der Waals surface area contributed by atoms with E-state index < -0.39 is 10.1 Å². The molecule has 1 aliphatic rings. The molecule has 0 saturated heterocycles. The van der Waals surface area contributed by atoms with Crippen molar-refractivity contribution in [3.8, 4) is 17.2 Å². The van der Waals surface area contributed by atoms with Crippen LogP contribution in [0.25, 0.3) is 22.1 Å². The third kappa shape index (κ3) is 2.88. The number of hydrogen-bond acceptors (Lipinski definition) is 9. The number of ether oxygens (including phenoxy) is 1. The van der Waals surface area contributed by atoms with Gasteiger partial charge in [0.05, 0.1) is 11.4 Å². The standard InChI is InChI=1S/C19H15N5O4S/c1-2-10-29(25,26)28-12-5-3-4-11-18(12)27-19-16-14(21-8-9-23-16)13-15(17(19)24-11)22-7-6-20-13/h3-9,24H,2,10H2,1H3. The van der Waals surface area contributed by atoms with E-state index in [9.17, 15) is 8.42 Å². The van der Waals surface area contributed by atoms with Gasteiger partial charge in [0.1, 0.15) is 27.8 Å². The van der Waals surface area contributed by atoms with E-state index >= 15 is 0 Å². The topological polar surface area (TPSA) is 116 Å². The lowest BCUT2D eigenvalue weighted by Gasteiger charge is -2.24. The predicted molar refractivity (Wildman–Crippen MR) is 107 cm³/mol. The van der Waals surface area contributed by atoms with E-state index in [1.54, 1.807) is 49.9 Å².